The second kappa shape index (κ2) is 5.07. The Morgan fingerprint density at radius 2 is 2.08 bits per heavy atom. The predicted octanol–water partition coefficient (Wildman–Crippen LogP) is 0.650. The molecule has 1 radical (unpaired) electrons. The van der Waals surface area contributed by atoms with E-state index in [0.717, 1.165) is 0 Å². The van der Waals surface area contributed by atoms with Crippen molar-refractivity contribution in [3.63, 3.8) is 0 Å². The molecule has 0 spiro atoms. The van der Waals surface area contributed by atoms with Gasteiger partial charge in [-0.25, -0.2) is 0 Å². The first kappa shape index (κ1) is 13.1. The summed E-state index contributed by atoms with van der Waals surface area (Å²) in [6.45, 7) is 1.39. The summed E-state index contributed by atoms with van der Waals surface area (Å²) in [4.78, 5) is 3.81. The van der Waals surface area contributed by atoms with Crippen molar-refractivity contribution >= 4 is 39.7 Å². The maximum Gasteiger partial charge on any atom is 0.273 e. The van der Waals surface area contributed by atoms with Crippen molar-refractivity contribution in [2.24, 2.45) is 0 Å². The van der Waals surface area contributed by atoms with Gasteiger partial charge >= 0.3 is 0 Å². The summed E-state index contributed by atoms with van der Waals surface area (Å²) < 4.78 is 30.0. The third kappa shape index (κ3) is 3.74. The fraction of sp³-hybridized carbons (Fsp3) is 0.286. The average Bonchev–Trinajstić information content (AvgIpc) is 2.03. The number of rotatable bonds is 2. The molecule has 0 aliphatic rings. The van der Waals surface area contributed by atoms with Crippen LogP contribution in [0.5, 0.6) is 0 Å². The van der Waals surface area contributed by atoms with Crippen molar-refractivity contribution in [1.29, 1.82) is 0 Å². The molecule has 1 rings (SSSR count). The van der Waals surface area contributed by atoms with E-state index in [1.54, 1.807) is 18.2 Å². The summed E-state index contributed by atoms with van der Waals surface area (Å²) in [6.07, 6.45) is 1.48. The van der Waals surface area contributed by atoms with E-state index in [-0.39, 0.29) is 29.6 Å². The molecule has 1 atom stereocenters. The summed E-state index contributed by atoms with van der Waals surface area (Å²) in [7, 11) is -4.02. The number of aromatic nitrogens is 1. The van der Waals surface area contributed by atoms with E-state index in [2.05, 4.69) is 4.98 Å². The molecule has 0 amide bonds. The van der Waals surface area contributed by atoms with Crippen LogP contribution >= 0.6 is 0 Å². The van der Waals surface area contributed by atoms with Crippen LogP contribution in [0.3, 0.4) is 0 Å². The van der Waals surface area contributed by atoms with E-state index in [4.69, 9.17) is 4.55 Å². The Morgan fingerprint density at radius 1 is 1.46 bits per heavy atom. The van der Waals surface area contributed by atoms with Gasteiger partial charge in [-0.1, -0.05) is 6.07 Å². The molecule has 4 nitrogen and oxygen atoms in total. The van der Waals surface area contributed by atoms with Gasteiger partial charge in [0.15, 0.2) is 0 Å². The average molecular weight is 210 g/mol. The number of hydrogen-bond donors (Lipinski definition) is 1. The smallest absolute Gasteiger partial charge is 0.273 e. The van der Waals surface area contributed by atoms with E-state index in [1.807, 2.05) is 0 Å². The van der Waals surface area contributed by atoms with Crippen molar-refractivity contribution in [3.8, 4) is 0 Å². The van der Waals surface area contributed by atoms with Crippen LogP contribution < -0.4 is 0 Å². The molecule has 0 saturated carbocycles. The predicted molar refractivity (Wildman–Crippen MR) is 50.0 cm³/mol. The van der Waals surface area contributed by atoms with Crippen molar-refractivity contribution in [2.75, 3.05) is 0 Å². The topological polar surface area (TPSA) is 67.3 Å². The molecule has 0 aliphatic carbocycles. The Morgan fingerprint density at radius 3 is 2.46 bits per heavy atom. The van der Waals surface area contributed by atoms with E-state index < -0.39 is 15.4 Å². The molecule has 0 aromatic carbocycles. The molecule has 1 unspecified atom stereocenters. The molecule has 13 heavy (non-hydrogen) atoms. The van der Waals surface area contributed by atoms with E-state index in [1.165, 1.54) is 13.1 Å². The Balaban J connectivity index is 0.00000144. The summed E-state index contributed by atoms with van der Waals surface area (Å²) >= 11 is 0. The molecule has 1 N–H and O–H groups in total. The Labute approximate surface area is 99.4 Å². The zero-order valence-electron chi connectivity index (χ0n) is 7.51. The molecule has 0 saturated heterocycles. The fourth-order valence-electron chi connectivity index (χ4n) is 0.769. The number of nitrogens with zero attached hydrogens (tertiary/aromatic N) is 1. The molecule has 1 aromatic rings. The zero-order valence-corrected chi connectivity index (χ0v) is 10.3. The largest absolute Gasteiger partial charge is 0.285 e. The van der Waals surface area contributed by atoms with Crippen molar-refractivity contribution in [2.45, 2.75) is 12.2 Å². The molecular formula is C7H9NNaO3S. The minimum Gasteiger partial charge on any atom is -0.285 e. The van der Waals surface area contributed by atoms with Gasteiger partial charge in [0.25, 0.3) is 10.1 Å². The van der Waals surface area contributed by atoms with E-state index >= 15 is 0 Å². The number of pyridine rings is 1. The second-order valence-electron chi connectivity index (χ2n) is 2.41. The Kier molecular flexibility index (Phi) is 5.09. The van der Waals surface area contributed by atoms with Crippen LogP contribution in [0, 0.1) is 0 Å². The SMILES string of the molecule is CC(c1ccccn1)S(=O)(=O)O.[Na]. The molecule has 0 fully saturated rings. The Hall–Kier alpha value is 0.0600. The maximum atomic E-state index is 10.6. The molecule has 67 valence electrons. The second-order valence-corrected chi connectivity index (χ2v) is 4.15. The first-order valence-corrected chi connectivity index (χ1v) is 4.89. The summed E-state index contributed by atoms with van der Waals surface area (Å²) in [5.41, 5.74) is 0.347. The summed E-state index contributed by atoms with van der Waals surface area (Å²) in [5.74, 6) is 0. The van der Waals surface area contributed by atoms with Crippen LogP contribution in [-0.2, 0) is 10.1 Å². The monoisotopic (exact) mass is 210 g/mol. The standard InChI is InChI=1S/C7H9NO3S.Na/c1-6(12(9,10)11)7-4-2-3-5-8-7;/h2-6H,1H3,(H,9,10,11);. The van der Waals surface area contributed by atoms with Gasteiger partial charge in [-0.2, -0.15) is 8.42 Å². The quantitative estimate of drug-likeness (QED) is 0.575. The van der Waals surface area contributed by atoms with E-state index in [9.17, 15) is 8.42 Å². The van der Waals surface area contributed by atoms with Gasteiger partial charge in [-0.3, -0.25) is 9.54 Å². The minimum absolute atomic E-state index is 0. The molecule has 1 aromatic heterocycles. The van der Waals surface area contributed by atoms with Gasteiger partial charge in [0.05, 0.1) is 5.69 Å². The fourth-order valence-corrected chi connectivity index (χ4v) is 1.21. The molecule has 0 aliphatic heterocycles. The first-order chi connectivity index (χ1) is 5.52. The van der Waals surface area contributed by atoms with Gasteiger partial charge in [0.1, 0.15) is 5.25 Å². The van der Waals surface area contributed by atoms with Gasteiger partial charge < -0.3 is 0 Å². The molecule has 0 bridgehead atoms. The van der Waals surface area contributed by atoms with Crippen molar-refractivity contribution < 1.29 is 13.0 Å². The van der Waals surface area contributed by atoms with Crippen LogP contribution in [0.4, 0.5) is 0 Å². The summed E-state index contributed by atoms with van der Waals surface area (Å²) in [6, 6.07) is 4.91. The van der Waals surface area contributed by atoms with Crippen LogP contribution in [0.15, 0.2) is 24.4 Å². The molecule has 1 heterocycles. The molecular weight excluding hydrogens is 201 g/mol. The normalized spacial score (nSPS) is 13.1. The third-order valence-electron chi connectivity index (χ3n) is 1.55. The number of hydrogen-bond acceptors (Lipinski definition) is 3. The van der Waals surface area contributed by atoms with Gasteiger partial charge in [0, 0.05) is 35.8 Å². The van der Waals surface area contributed by atoms with Crippen molar-refractivity contribution in [3.05, 3.63) is 30.1 Å². The van der Waals surface area contributed by atoms with Gasteiger partial charge in [0.2, 0.25) is 0 Å². The van der Waals surface area contributed by atoms with Gasteiger partial charge in [-0.05, 0) is 19.1 Å². The minimum atomic E-state index is -4.02. The maximum absolute atomic E-state index is 10.6. The zero-order chi connectivity index (χ0) is 9.19. The van der Waals surface area contributed by atoms with Crippen molar-refractivity contribution in [1.82, 2.24) is 4.98 Å². The third-order valence-corrected chi connectivity index (χ3v) is 2.69. The van der Waals surface area contributed by atoms with Crippen LogP contribution in [0.1, 0.15) is 17.9 Å². The molecule has 6 heteroatoms. The van der Waals surface area contributed by atoms with E-state index in [0.29, 0.717) is 5.69 Å². The summed E-state index contributed by atoms with van der Waals surface area (Å²) in [5, 5.41) is -0.960. The van der Waals surface area contributed by atoms with Gasteiger partial charge in [-0.15, -0.1) is 0 Å². The Bertz CT molecular complexity index is 351. The first-order valence-electron chi connectivity index (χ1n) is 3.39. The van der Waals surface area contributed by atoms with Crippen LogP contribution in [0.25, 0.3) is 0 Å². The van der Waals surface area contributed by atoms with Crippen LogP contribution in [-0.4, -0.2) is 47.5 Å². The van der Waals surface area contributed by atoms with Crippen LogP contribution in [0.2, 0.25) is 0 Å².